The molecule has 2 heterocycles. The standard InChI is InChI=1S/C22H20Cl2N4O4/c1-12-16(13(2)28(27-12)15-4-5-17(23)18(24)10-15)11-21(29)25-26-22(30)14-3-6-19-20(9-14)32-8-7-31-19/h3-6,9-10H,7-8,11H2,1-2H3,(H,25,29)(H,26,30). The molecule has 2 amide bonds. The summed E-state index contributed by atoms with van der Waals surface area (Å²) in [6, 6.07) is 10.0. The Labute approximate surface area is 194 Å². The smallest absolute Gasteiger partial charge is 0.269 e. The van der Waals surface area contributed by atoms with Crippen LogP contribution in [0.15, 0.2) is 36.4 Å². The van der Waals surface area contributed by atoms with Crippen LogP contribution >= 0.6 is 23.2 Å². The summed E-state index contributed by atoms with van der Waals surface area (Å²) in [5, 5.41) is 5.37. The molecule has 0 radical (unpaired) electrons. The van der Waals surface area contributed by atoms with Crippen molar-refractivity contribution in [2.24, 2.45) is 0 Å². The second kappa shape index (κ2) is 9.10. The van der Waals surface area contributed by atoms with E-state index < -0.39 is 5.91 Å². The Kier molecular flexibility index (Phi) is 6.25. The third kappa shape index (κ3) is 4.51. The van der Waals surface area contributed by atoms with Crippen molar-refractivity contribution in [1.29, 1.82) is 0 Å². The Bertz CT molecular complexity index is 1210. The van der Waals surface area contributed by atoms with Gasteiger partial charge in [0.25, 0.3) is 5.91 Å². The molecule has 0 saturated carbocycles. The van der Waals surface area contributed by atoms with E-state index in [4.69, 9.17) is 32.7 Å². The van der Waals surface area contributed by atoms with E-state index in [1.165, 1.54) is 0 Å². The van der Waals surface area contributed by atoms with E-state index in [1.807, 2.05) is 13.8 Å². The van der Waals surface area contributed by atoms with Crippen molar-refractivity contribution in [3.05, 3.63) is 69.0 Å². The first kappa shape index (κ1) is 22.0. The number of halogens is 2. The van der Waals surface area contributed by atoms with Crippen LogP contribution in [0.3, 0.4) is 0 Å². The van der Waals surface area contributed by atoms with Crippen LogP contribution < -0.4 is 20.3 Å². The lowest BCUT2D eigenvalue weighted by molar-refractivity contribution is -0.121. The van der Waals surface area contributed by atoms with Gasteiger partial charge in [-0.05, 0) is 50.2 Å². The van der Waals surface area contributed by atoms with Crippen LogP contribution in [0.4, 0.5) is 0 Å². The van der Waals surface area contributed by atoms with Crippen molar-refractivity contribution in [2.75, 3.05) is 13.2 Å². The number of aromatic nitrogens is 2. The van der Waals surface area contributed by atoms with Crippen LogP contribution in [0.1, 0.15) is 27.3 Å². The van der Waals surface area contributed by atoms with E-state index >= 15 is 0 Å². The summed E-state index contributed by atoms with van der Waals surface area (Å²) in [7, 11) is 0. The molecular weight excluding hydrogens is 455 g/mol. The molecule has 4 rings (SSSR count). The number of nitrogens with one attached hydrogen (secondary N) is 2. The molecule has 0 atom stereocenters. The number of ether oxygens (including phenoxy) is 2. The number of hydrogen-bond acceptors (Lipinski definition) is 5. The number of fused-ring (bicyclic) bond motifs is 1. The van der Waals surface area contributed by atoms with Gasteiger partial charge < -0.3 is 9.47 Å². The van der Waals surface area contributed by atoms with Crippen molar-refractivity contribution in [2.45, 2.75) is 20.3 Å². The molecule has 10 heteroatoms. The molecule has 0 unspecified atom stereocenters. The van der Waals surface area contributed by atoms with Gasteiger partial charge in [0.2, 0.25) is 5.91 Å². The number of nitrogens with zero attached hydrogens (tertiary/aromatic N) is 2. The predicted octanol–water partition coefficient (Wildman–Crippen LogP) is 3.57. The van der Waals surface area contributed by atoms with Crippen LogP contribution in [0.25, 0.3) is 5.69 Å². The lowest BCUT2D eigenvalue weighted by Crippen LogP contribution is -2.42. The molecule has 1 aliphatic rings. The van der Waals surface area contributed by atoms with E-state index in [1.54, 1.807) is 41.1 Å². The van der Waals surface area contributed by atoms with Crippen molar-refractivity contribution in [3.63, 3.8) is 0 Å². The summed E-state index contributed by atoms with van der Waals surface area (Å²) in [6.45, 7) is 4.56. The summed E-state index contributed by atoms with van der Waals surface area (Å²) < 4.78 is 12.6. The fourth-order valence-electron chi connectivity index (χ4n) is 3.39. The number of hydrazine groups is 1. The monoisotopic (exact) mass is 474 g/mol. The maximum atomic E-state index is 12.5. The van der Waals surface area contributed by atoms with Gasteiger partial charge in [-0.15, -0.1) is 0 Å². The van der Waals surface area contributed by atoms with Crippen LogP contribution in [0, 0.1) is 13.8 Å². The van der Waals surface area contributed by atoms with Crippen molar-refractivity contribution in [3.8, 4) is 17.2 Å². The lowest BCUT2D eigenvalue weighted by atomic mass is 10.1. The van der Waals surface area contributed by atoms with Crippen molar-refractivity contribution < 1.29 is 19.1 Å². The molecule has 2 aromatic carbocycles. The second-order valence-electron chi connectivity index (χ2n) is 7.20. The minimum absolute atomic E-state index is 0.0421. The lowest BCUT2D eigenvalue weighted by Gasteiger charge is -2.18. The van der Waals surface area contributed by atoms with Gasteiger partial charge in [0.05, 0.1) is 27.8 Å². The second-order valence-corrected chi connectivity index (χ2v) is 8.01. The van der Waals surface area contributed by atoms with E-state index in [9.17, 15) is 9.59 Å². The summed E-state index contributed by atoms with van der Waals surface area (Å²) in [6.07, 6.45) is 0.0421. The van der Waals surface area contributed by atoms with Crippen LogP contribution in [-0.4, -0.2) is 34.8 Å². The van der Waals surface area contributed by atoms with Gasteiger partial charge in [-0.2, -0.15) is 5.10 Å². The highest BCUT2D eigenvalue weighted by Crippen LogP contribution is 2.30. The number of amides is 2. The molecule has 0 spiro atoms. The highest BCUT2D eigenvalue weighted by atomic mass is 35.5. The highest BCUT2D eigenvalue weighted by Gasteiger charge is 2.18. The van der Waals surface area contributed by atoms with E-state index in [-0.39, 0.29) is 12.3 Å². The maximum absolute atomic E-state index is 12.5. The van der Waals surface area contributed by atoms with Crippen LogP contribution in [0.2, 0.25) is 10.0 Å². The van der Waals surface area contributed by atoms with Gasteiger partial charge in [-0.3, -0.25) is 20.4 Å². The third-order valence-corrected chi connectivity index (χ3v) is 5.79. The third-order valence-electron chi connectivity index (χ3n) is 5.05. The first-order chi connectivity index (χ1) is 15.3. The van der Waals surface area contributed by atoms with Crippen molar-refractivity contribution >= 4 is 35.0 Å². The van der Waals surface area contributed by atoms with E-state index in [0.29, 0.717) is 46.0 Å². The molecule has 166 valence electrons. The van der Waals surface area contributed by atoms with Gasteiger partial charge in [0, 0.05) is 16.8 Å². The Hall–Kier alpha value is -3.23. The number of benzene rings is 2. The average Bonchev–Trinajstić information content (AvgIpc) is 3.07. The zero-order valence-corrected chi connectivity index (χ0v) is 18.9. The SMILES string of the molecule is Cc1nn(-c2ccc(Cl)c(Cl)c2)c(C)c1CC(=O)NNC(=O)c1ccc2c(c1)OCCO2. The molecule has 0 bridgehead atoms. The zero-order chi connectivity index (χ0) is 22.8. The molecule has 1 aliphatic heterocycles. The Morgan fingerprint density at radius 3 is 2.50 bits per heavy atom. The summed E-state index contributed by atoms with van der Waals surface area (Å²) >= 11 is 12.1. The molecule has 8 nitrogen and oxygen atoms in total. The van der Waals surface area contributed by atoms with Gasteiger partial charge in [0.15, 0.2) is 11.5 Å². The minimum Gasteiger partial charge on any atom is -0.486 e. The van der Waals surface area contributed by atoms with Crippen molar-refractivity contribution in [1.82, 2.24) is 20.6 Å². The van der Waals surface area contributed by atoms with Crippen LogP contribution in [0.5, 0.6) is 11.5 Å². The quantitative estimate of drug-likeness (QED) is 0.563. The summed E-state index contributed by atoms with van der Waals surface area (Å²) in [5.41, 5.74) is 8.18. The maximum Gasteiger partial charge on any atom is 0.269 e. The molecule has 2 N–H and O–H groups in total. The minimum atomic E-state index is -0.463. The molecule has 3 aromatic rings. The number of carbonyl (C=O) groups excluding carboxylic acids is 2. The topological polar surface area (TPSA) is 94.5 Å². The highest BCUT2D eigenvalue weighted by molar-refractivity contribution is 6.42. The van der Waals surface area contributed by atoms with Gasteiger partial charge >= 0.3 is 0 Å². The normalized spacial score (nSPS) is 12.4. The largest absolute Gasteiger partial charge is 0.486 e. The molecule has 0 fully saturated rings. The molecular formula is C22H20Cl2N4O4. The zero-order valence-electron chi connectivity index (χ0n) is 17.4. The molecule has 1 aromatic heterocycles. The fraction of sp³-hybridized carbons (Fsp3) is 0.227. The molecule has 32 heavy (non-hydrogen) atoms. The van der Waals surface area contributed by atoms with E-state index in [2.05, 4.69) is 16.0 Å². The van der Waals surface area contributed by atoms with Crippen LogP contribution in [-0.2, 0) is 11.2 Å². The first-order valence-corrected chi connectivity index (χ1v) is 10.6. The fourth-order valence-corrected chi connectivity index (χ4v) is 3.68. The summed E-state index contributed by atoms with van der Waals surface area (Å²) in [4.78, 5) is 24.9. The first-order valence-electron chi connectivity index (χ1n) is 9.83. The Morgan fingerprint density at radius 1 is 1.00 bits per heavy atom. The van der Waals surface area contributed by atoms with Gasteiger partial charge in [-0.1, -0.05) is 23.2 Å². The number of aryl methyl sites for hydroxylation is 1. The Morgan fingerprint density at radius 2 is 1.75 bits per heavy atom. The van der Waals surface area contributed by atoms with Gasteiger partial charge in [0.1, 0.15) is 13.2 Å². The number of rotatable bonds is 4. The number of carbonyl (C=O) groups is 2. The summed E-state index contributed by atoms with van der Waals surface area (Å²) in [5.74, 6) is 0.240. The number of hydrogen-bond donors (Lipinski definition) is 2. The molecule has 0 saturated heterocycles. The average molecular weight is 475 g/mol. The molecule has 0 aliphatic carbocycles. The van der Waals surface area contributed by atoms with E-state index in [0.717, 1.165) is 16.9 Å². The predicted molar refractivity (Wildman–Crippen MR) is 120 cm³/mol. The van der Waals surface area contributed by atoms with Gasteiger partial charge in [-0.25, -0.2) is 4.68 Å². The Balaban J connectivity index is 1.41.